The van der Waals surface area contributed by atoms with Crippen molar-refractivity contribution in [3.05, 3.63) is 36.2 Å². The van der Waals surface area contributed by atoms with Crippen LogP contribution in [0.1, 0.15) is 5.56 Å². The molecule has 8 heteroatoms. The monoisotopic (exact) mass is 282 g/mol. The standard InChI is InChI=1S/C11H14N4O3S/c1-18-10-4-2-3-8(5-12)11(10)15-19(16,17)9-6-13-14-7-9/h2-4,6-7,15H,5,12H2,1H3,(H,13,14). The van der Waals surface area contributed by atoms with Gasteiger partial charge in [-0.05, 0) is 11.6 Å². The molecule has 0 saturated carbocycles. The van der Waals surface area contributed by atoms with Gasteiger partial charge in [0.15, 0.2) is 0 Å². The summed E-state index contributed by atoms with van der Waals surface area (Å²) in [4.78, 5) is 0.0429. The van der Waals surface area contributed by atoms with E-state index in [2.05, 4.69) is 14.9 Å². The Morgan fingerprint density at radius 2 is 2.26 bits per heavy atom. The Kier molecular flexibility index (Phi) is 3.72. The summed E-state index contributed by atoms with van der Waals surface area (Å²) in [5.41, 5.74) is 6.59. The Balaban J connectivity index is 2.44. The lowest BCUT2D eigenvalue weighted by Crippen LogP contribution is -2.15. The van der Waals surface area contributed by atoms with E-state index in [9.17, 15) is 8.42 Å². The maximum absolute atomic E-state index is 12.1. The molecule has 2 rings (SSSR count). The third-order valence-corrected chi connectivity index (χ3v) is 3.89. The normalized spacial score (nSPS) is 11.3. The highest BCUT2D eigenvalue weighted by atomic mass is 32.2. The molecular formula is C11H14N4O3S. The van der Waals surface area contributed by atoms with Crippen molar-refractivity contribution in [1.29, 1.82) is 0 Å². The number of rotatable bonds is 5. The van der Waals surface area contributed by atoms with Crippen LogP contribution in [0.2, 0.25) is 0 Å². The van der Waals surface area contributed by atoms with E-state index in [0.717, 1.165) is 0 Å². The molecule has 0 spiro atoms. The first kappa shape index (κ1) is 13.4. The summed E-state index contributed by atoms with van der Waals surface area (Å²) < 4.78 is 31.9. The number of ether oxygens (including phenoxy) is 1. The predicted molar refractivity (Wildman–Crippen MR) is 70.3 cm³/mol. The molecule has 0 unspecified atom stereocenters. The lowest BCUT2D eigenvalue weighted by Gasteiger charge is -2.14. The van der Waals surface area contributed by atoms with Gasteiger partial charge in [0.1, 0.15) is 10.6 Å². The van der Waals surface area contributed by atoms with Crippen LogP contribution in [0, 0.1) is 0 Å². The number of H-pyrrole nitrogens is 1. The number of nitrogens with zero attached hydrogens (tertiary/aromatic N) is 1. The van der Waals surface area contributed by atoms with Gasteiger partial charge in [-0.2, -0.15) is 5.10 Å². The second-order valence-electron chi connectivity index (χ2n) is 3.74. The minimum atomic E-state index is -3.71. The summed E-state index contributed by atoms with van der Waals surface area (Å²) in [6.07, 6.45) is 2.51. The van der Waals surface area contributed by atoms with Gasteiger partial charge in [0.25, 0.3) is 10.0 Å². The van der Waals surface area contributed by atoms with Crippen molar-refractivity contribution < 1.29 is 13.2 Å². The lowest BCUT2D eigenvalue weighted by molar-refractivity contribution is 0.416. The van der Waals surface area contributed by atoms with E-state index in [4.69, 9.17) is 10.5 Å². The summed E-state index contributed by atoms with van der Waals surface area (Å²) >= 11 is 0. The summed E-state index contributed by atoms with van der Waals surface area (Å²) in [6.45, 7) is 0.195. The minimum absolute atomic E-state index is 0.0429. The van der Waals surface area contributed by atoms with E-state index < -0.39 is 10.0 Å². The number of methoxy groups -OCH3 is 1. The van der Waals surface area contributed by atoms with Gasteiger partial charge in [0.2, 0.25) is 0 Å². The Hall–Kier alpha value is -2.06. The van der Waals surface area contributed by atoms with Gasteiger partial charge in [0, 0.05) is 12.7 Å². The fraction of sp³-hybridized carbons (Fsp3) is 0.182. The van der Waals surface area contributed by atoms with Crippen molar-refractivity contribution in [2.24, 2.45) is 5.73 Å². The summed E-state index contributed by atoms with van der Waals surface area (Å²) in [5.74, 6) is 0.412. The highest BCUT2D eigenvalue weighted by Crippen LogP contribution is 2.30. The SMILES string of the molecule is COc1cccc(CN)c1NS(=O)(=O)c1cn[nH]c1. The van der Waals surface area contributed by atoms with E-state index in [1.54, 1.807) is 18.2 Å². The highest BCUT2D eigenvalue weighted by Gasteiger charge is 2.19. The fourth-order valence-electron chi connectivity index (χ4n) is 1.61. The fourth-order valence-corrected chi connectivity index (χ4v) is 2.63. The van der Waals surface area contributed by atoms with Gasteiger partial charge in [-0.15, -0.1) is 0 Å². The Labute approximate surface area is 110 Å². The van der Waals surface area contributed by atoms with Crippen molar-refractivity contribution in [3.8, 4) is 5.75 Å². The zero-order valence-corrected chi connectivity index (χ0v) is 11.1. The molecule has 0 aliphatic rings. The number of aromatic amines is 1. The lowest BCUT2D eigenvalue weighted by atomic mass is 10.1. The number of hydrogen-bond acceptors (Lipinski definition) is 5. The maximum atomic E-state index is 12.1. The van der Waals surface area contributed by atoms with E-state index in [1.807, 2.05) is 0 Å². The van der Waals surface area contributed by atoms with Crippen LogP contribution < -0.4 is 15.2 Å². The van der Waals surface area contributed by atoms with Gasteiger partial charge in [0.05, 0.1) is 19.0 Å². The van der Waals surface area contributed by atoms with E-state index in [-0.39, 0.29) is 11.4 Å². The number of para-hydroxylation sites is 1. The van der Waals surface area contributed by atoms with Gasteiger partial charge in [-0.25, -0.2) is 8.42 Å². The van der Waals surface area contributed by atoms with E-state index in [0.29, 0.717) is 17.0 Å². The zero-order valence-electron chi connectivity index (χ0n) is 10.3. The van der Waals surface area contributed by atoms with Crippen molar-refractivity contribution in [2.45, 2.75) is 11.4 Å². The number of nitrogens with two attached hydrogens (primary N) is 1. The Bertz CT molecular complexity index is 630. The van der Waals surface area contributed by atoms with Crippen LogP contribution >= 0.6 is 0 Å². The van der Waals surface area contributed by atoms with Crippen LogP contribution in [0.4, 0.5) is 5.69 Å². The molecule has 7 nitrogen and oxygen atoms in total. The van der Waals surface area contributed by atoms with Gasteiger partial charge >= 0.3 is 0 Å². The molecule has 0 fully saturated rings. The molecular weight excluding hydrogens is 268 g/mol. The maximum Gasteiger partial charge on any atom is 0.265 e. The molecule has 4 N–H and O–H groups in total. The number of aromatic nitrogens is 2. The molecule has 2 aromatic rings. The van der Waals surface area contributed by atoms with Crippen LogP contribution in [-0.4, -0.2) is 25.7 Å². The van der Waals surface area contributed by atoms with Crippen LogP contribution in [0.15, 0.2) is 35.5 Å². The van der Waals surface area contributed by atoms with Gasteiger partial charge in [-0.3, -0.25) is 9.82 Å². The van der Waals surface area contributed by atoms with Crippen molar-refractivity contribution in [2.75, 3.05) is 11.8 Å². The third-order valence-electron chi connectivity index (χ3n) is 2.57. The number of sulfonamides is 1. The number of anilines is 1. The average Bonchev–Trinajstić information content (AvgIpc) is 2.93. The molecule has 102 valence electrons. The molecule has 0 bridgehead atoms. The summed E-state index contributed by atoms with van der Waals surface area (Å²) in [6, 6.07) is 5.14. The van der Waals surface area contributed by atoms with Crippen LogP contribution in [0.3, 0.4) is 0 Å². The molecule has 0 aliphatic carbocycles. The van der Waals surface area contributed by atoms with Gasteiger partial charge < -0.3 is 10.5 Å². The predicted octanol–water partition coefficient (Wildman–Crippen LogP) is 0.678. The smallest absolute Gasteiger partial charge is 0.265 e. The zero-order chi connectivity index (χ0) is 13.9. The van der Waals surface area contributed by atoms with Crippen LogP contribution in [0.25, 0.3) is 0 Å². The van der Waals surface area contributed by atoms with Crippen molar-refractivity contribution >= 4 is 15.7 Å². The second-order valence-corrected chi connectivity index (χ2v) is 5.42. The molecule has 0 aliphatic heterocycles. The average molecular weight is 282 g/mol. The molecule has 0 amide bonds. The number of nitrogens with one attached hydrogen (secondary N) is 2. The van der Waals surface area contributed by atoms with E-state index in [1.165, 1.54) is 19.5 Å². The quantitative estimate of drug-likeness (QED) is 0.747. The molecule has 1 aromatic heterocycles. The largest absolute Gasteiger partial charge is 0.495 e. The molecule has 0 atom stereocenters. The Morgan fingerprint density at radius 3 is 2.84 bits per heavy atom. The molecule has 1 heterocycles. The second kappa shape index (κ2) is 5.29. The minimum Gasteiger partial charge on any atom is -0.495 e. The number of hydrogen-bond donors (Lipinski definition) is 3. The Morgan fingerprint density at radius 1 is 1.47 bits per heavy atom. The number of benzene rings is 1. The van der Waals surface area contributed by atoms with E-state index >= 15 is 0 Å². The summed E-state index contributed by atoms with van der Waals surface area (Å²) in [5, 5.41) is 6.07. The first-order chi connectivity index (χ1) is 9.08. The molecule has 19 heavy (non-hydrogen) atoms. The summed E-state index contributed by atoms with van der Waals surface area (Å²) in [7, 11) is -2.25. The van der Waals surface area contributed by atoms with Gasteiger partial charge in [-0.1, -0.05) is 12.1 Å². The van der Waals surface area contributed by atoms with Crippen LogP contribution in [0.5, 0.6) is 5.75 Å². The third kappa shape index (κ3) is 2.69. The van der Waals surface area contributed by atoms with Crippen molar-refractivity contribution in [3.63, 3.8) is 0 Å². The van der Waals surface area contributed by atoms with Crippen molar-refractivity contribution in [1.82, 2.24) is 10.2 Å². The molecule has 0 saturated heterocycles. The first-order valence-corrected chi connectivity index (χ1v) is 6.94. The van der Waals surface area contributed by atoms with Crippen LogP contribution in [-0.2, 0) is 16.6 Å². The molecule has 1 aromatic carbocycles. The highest BCUT2D eigenvalue weighted by molar-refractivity contribution is 7.92. The first-order valence-electron chi connectivity index (χ1n) is 5.46. The topological polar surface area (TPSA) is 110 Å². The molecule has 0 radical (unpaired) electrons.